The van der Waals surface area contributed by atoms with Crippen molar-refractivity contribution in [2.75, 3.05) is 0 Å². The lowest BCUT2D eigenvalue weighted by Gasteiger charge is -2.28. The van der Waals surface area contributed by atoms with E-state index >= 15 is 0 Å². The average Bonchev–Trinajstić information content (AvgIpc) is 2.73. The van der Waals surface area contributed by atoms with Crippen molar-refractivity contribution in [1.29, 1.82) is 0 Å². The van der Waals surface area contributed by atoms with Crippen LogP contribution in [0.4, 0.5) is 0 Å². The van der Waals surface area contributed by atoms with Crippen LogP contribution in [-0.4, -0.2) is 17.2 Å². The number of Topliss-reactive ketones (excluding diaryl/α,β-unsaturated/α-hetero) is 2. The number of ether oxygens (including phenoxy) is 1. The first-order chi connectivity index (χ1) is 8.65. The normalized spacial score (nSPS) is 23.7. The third-order valence-electron chi connectivity index (χ3n) is 3.39. The monoisotopic (exact) mass is 241 g/mol. The number of hydrogen-bond acceptors (Lipinski definition) is 3. The number of para-hydroxylation sites is 1. The van der Waals surface area contributed by atoms with Crippen LogP contribution >= 0.6 is 0 Å². The van der Waals surface area contributed by atoms with E-state index in [4.69, 9.17) is 4.74 Å². The van der Waals surface area contributed by atoms with Crippen molar-refractivity contribution in [1.82, 2.24) is 0 Å². The van der Waals surface area contributed by atoms with E-state index in [1.165, 1.54) is 6.92 Å². The highest BCUT2D eigenvalue weighted by atomic mass is 16.5. The molecule has 0 amide bonds. The minimum absolute atomic E-state index is 0. The lowest BCUT2D eigenvalue weighted by molar-refractivity contribution is -0.142. The molecule has 0 bridgehead atoms. The first kappa shape index (κ1) is 11.0. The van der Waals surface area contributed by atoms with Crippen LogP contribution in [0.3, 0.4) is 0 Å². The zero-order valence-corrected chi connectivity index (χ0v) is 9.97. The molecule has 3 nitrogen and oxygen atoms in total. The van der Waals surface area contributed by atoms with Gasteiger partial charge in [0.05, 0.1) is 0 Å². The van der Waals surface area contributed by atoms with Crippen LogP contribution < -0.4 is 4.74 Å². The van der Waals surface area contributed by atoms with Crippen LogP contribution in [0.2, 0.25) is 0 Å². The van der Waals surface area contributed by atoms with E-state index in [9.17, 15) is 9.59 Å². The molecule has 0 saturated carbocycles. The Balaban J connectivity index is 0.00000133. The van der Waals surface area contributed by atoms with Crippen molar-refractivity contribution in [3.63, 3.8) is 0 Å². The molecule has 0 saturated heterocycles. The third-order valence-corrected chi connectivity index (χ3v) is 3.39. The Bertz CT molecular complexity index is 616. The smallest absolute Gasteiger partial charge is 0.473 e. The summed E-state index contributed by atoms with van der Waals surface area (Å²) in [5.74, 6) is -0.277. The first-order valence-electron chi connectivity index (χ1n) is 5.86. The topological polar surface area (TPSA) is 43.4 Å². The molecule has 1 aromatic carbocycles. The molecule has 1 aliphatic heterocycles. The summed E-state index contributed by atoms with van der Waals surface area (Å²) in [4.78, 5) is 23.7. The lowest BCUT2D eigenvalue weighted by atomic mass is 9.80. The predicted molar refractivity (Wildman–Crippen MR) is 68.3 cm³/mol. The molecular weight excluding hydrogens is 228 g/mol. The number of ketones is 2. The van der Waals surface area contributed by atoms with Gasteiger partial charge in [-0.25, -0.2) is 0 Å². The molecule has 3 rings (SSSR count). The fourth-order valence-corrected chi connectivity index (χ4v) is 2.56. The summed E-state index contributed by atoms with van der Waals surface area (Å²) < 4.78 is 5.83. The minimum Gasteiger partial charge on any atom is -0.473 e. The molecule has 1 aromatic rings. The Morgan fingerprint density at radius 1 is 1.33 bits per heavy atom. The summed E-state index contributed by atoms with van der Waals surface area (Å²) in [6, 6.07) is 7.49. The second-order valence-electron chi connectivity index (χ2n) is 4.52. The van der Waals surface area contributed by atoms with Crippen molar-refractivity contribution in [2.45, 2.75) is 18.9 Å². The van der Waals surface area contributed by atoms with Gasteiger partial charge in [0.15, 0.2) is 5.78 Å². The zero-order valence-electron chi connectivity index (χ0n) is 11.0. The van der Waals surface area contributed by atoms with Gasteiger partial charge in [-0.15, -0.1) is 0 Å². The van der Waals surface area contributed by atoms with Crippen molar-refractivity contribution in [2.24, 2.45) is 0 Å². The standard InChI is InChI=1S/C15H12O3/c1-10(16)14(17)15-9-5-4-7-12(15)11-6-2-3-8-13(11)18-15/h2-8H,9H2,1H3/p+1. The van der Waals surface area contributed by atoms with E-state index in [1.54, 1.807) is 0 Å². The maximum atomic E-state index is 12.2. The third kappa shape index (κ3) is 1.30. The minimum atomic E-state index is -1.13. The zero-order chi connectivity index (χ0) is 12.8. The molecular formula is C15H13O3+. The molecule has 2 aliphatic rings. The van der Waals surface area contributed by atoms with E-state index < -0.39 is 17.2 Å². The number of carbonyl (C=O) groups excluding carboxylic acids is 2. The summed E-state index contributed by atoms with van der Waals surface area (Å²) in [5.41, 5.74) is 0.557. The summed E-state index contributed by atoms with van der Waals surface area (Å²) in [6.45, 7) is 1.29. The average molecular weight is 241 g/mol. The molecule has 0 radical (unpaired) electrons. The van der Waals surface area contributed by atoms with E-state index in [2.05, 4.69) is 0 Å². The van der Waals surface area contributed by atoms with Gasteiger partial charge < -0.3 is 4.74 Å². The molecule has 0 fully saturated rings. The van der Waals surface area contributed by atoms with Gasteiger partial charge in [-0.3, -0.25) is 9.59 Å². The SMILES string of the molecule is CC(=O)C(=O)C12CC=CC=C1c1ccccc1O2.[H+]. The van der Waals surface area contributed by atoms with E-state index in [0.29, 0.717) is 12.2 Å². The van der Waals surface area contributed by atoms with Gasteiger partial charge in [0.25, 0.3) is 0 Å². The molecule has 1 aliphatic carbocycles. The molecule has 1 atom stereocenters. The molecule has 1 unspecified atom stereocenters. The second kappa shape index (κ2) is 3.67. The number of benzene rings is 1. The van der Waals surface area contributed by atoms with Crippen molar-refractivity contribution in [3.8, 4) is 5.75 Å². The highest BCUT2D eigenvalue weighted by molar-refractivity contribution is 6.42. The fourth-order valence-electron chi connectivity index (χ4n) is 2.56. The van der Waals surface area contributed by atoms with E-state index in [0.717, 1.165) is 11.1 Å². The van der Waals surface area contributed by atoms with Crippen LogP contribution in [0, 0.1) is 0 Å². The van der Waals surface area contributed by atoms with Gasteiger partial charge >= 0.3 is 1.43 Å². The van der Waals surface area contributed by atoms with Crippen molar-refractivity contribution < 1.29 is 15.8 Å². The van der Waals surface area contributed by atoms with Gasteiger partial charge in [-0.05, 0) is 6.07 Å². The van der Waals surface area contributed by atoms with Crippen molar-refractivity contribution in [3.05, 3.63) is 48.1 Å². The second-order valence-corrected chi connectivity index (χ2v) is 4.52. The maximum absolute atomic E-state index is 12.2. The van der Waals surface area contributed by atoms with Crippen LogP contribution in [0.15, 0.2) is 42.5 Å². The Morgan fingerprint density at radius 2 is 2.11 bits per heavy atom. The van der Waals surface area contributed by atoms with Crippen molar-refractivity contribution >= 4 is 17.1 Å². The van der Waals surface area contributed by atoms with Gasteiger partial charge in [0.1, 0.15) is 5.75 Å². The van der Waals surface area contributed by atoms with Crippen LogP contribution in [0.25, 0.3) is 5.57 Å². The Kier molecular flexibility index (Phi) is 2.23. The molecule has 18 heavy (non-hydrogen) atoms. The molecule has 0 aromatic heterocycles. The summed E-state index contributed by atoms with van der Waals surface area (Å²) >= 11 is 0. The number of hydrogen-bond donors (Lipinski definition) is 0. The highest BCUT2D eigenvalue weighted by Crippen LogP contribution is 2.48. The summed E-state index contributed by atoms with van der Waals surface area (Å²) in [5, 5.41) is 0. The van der Waals surface area contributed by atoms with E-state index in [1.807, 2.05) is 42.5 Å². The number of carbonyl (C=O) groups is 2. The summed E-state index contributed by atoms with van der Waals surface area (Å²) in [6.07, 6.45) is 6.02. The van der Waals surface area contributed by atoms with Gasteiger partial charge in [0.2, 0.25) is 11.4 Å². The summed E-state index contributed by atoms with van der Waals surface area (Å²) in [7, 11) is 0. The molecule has 0 N–H and O–H groups in total. The van der Waals surface area contributed by atoms with Gasteiger partial charge in [-0.2, -0.15) is 0 Å². The maximum Gasteiger partial charge on any atom is 1.00 e. The van der Waals surface area contributed by atoms with Crippen LogP contribution in [0.5, 0.6) is 5.75 Å². The Morgan fingerprint density at radius 3 is 2.89 bits per heavy atom. The molecule has 3 heteroatoms. The van der Waals surface area contributed by atoms with E-state index in [-0.39, 0.29) is 1.43 Å². The largest absolute Gasteiger partial charge is 1.00 e. The van der Waals surface area contributed by atoms with Crippen LogP contribution in [-0.2, 0) is 9.59 Å². The fraction of sp³-hybridized carbons (Fsp3) is 0.200. The van der Waals surface area contributed by atoms with Gasteiger partial charge in [0, 0.05) is 24.5 Å². The molecule has 90 valence electrons. The number of fused-ring (bicyclic) bond motifs is 3. The van der Waals surface area contributed by atoms with Gasteiger partial charge in [-0.1, -0.05) is 36.4 Å². The predicted octanol–water partition coefficient (Wildman–Crippen LogP) is 2.43. The Hall–Kier alpha value is -2.16. The molecule has 0 spiro atoms. The highest BCUT2D eigenvalue weighted by Gasteiger charge is 2.51. The molecule has 1 heterocycles. The van der Waals surface area contributed by atoms with Crippen LogP contribution in [0.1, 0.15) is 20.3 Å². The first-order valence-corrected chi connectivity index (χ1v) is 5.86. The lowest BCUT2D eigenvalue weighted by Crippen LogP contribution is -2.46. The quantitative estimate of drug-likeness (QED) is 0.747. The number of rotatable bonds is 2. The number of allylic oxidation sites excluding steroid dienone is 2. The Labute approximate surface area is 106 Å².